The predicted molar refractivity (Wildman–Crippen MR) is 98.3 cm³/mol. The van der Waals surface area contributed by atoms with E-state index in [2.05, 4.69) is 5.32 Å². The average molecular weight is 417 g/mol. The number of Topliss-reactive ketones (excluding diaryl/α,β-unsaturated/α-hetero) is 1. The molecule has 1 aromatic rings. The van der Waals surface area contributed by atoms with Gasteiger partial charge in [-0.25, -0.2) is 0 Å². The molecule has 0 radical (unpaired) electrons. The molecule has 0 saturated heterocycles. The summed E-state index contributed by atoms with van der Waals surface area (Å²) in [7, 11) is 0. The summed E-state index contributed by atoms with van der Waals surface area (Å²) in [5.74, 6) is -3.03. The normalized spacial score (nSPS) is 21.7. The van der Waals surface area contributed by atoms with Gasteiger partial charge in [-0.3, -0.25) is 24.5 Å². The number of hydrogen-bond donors (Lipinski definition) is 1. The Balaban J connectivity index is 1.87. The Morgan fingerprint density at radius 3 is 2.74 bits per heavy atom. The molecular formula is C17H18Cl2N2O6. The van der Waals surface area contributed by atoms with E-state index in [0.29, 0.717) is 5.02 Å². The third-order valence-electron chi connectivity index (χ3n) is 4.50. The lowest BCUT2D eigenvalue weighted by atomic mass is 9.88. The van der Waals surface area contributed by atoms with Gasteiger partial charge >= 0.3 is 5.97 Å². The molecule has 0 aliphatic heterocycles. The first kappa shape index (κ1) is 21.1. The molecule has 1 amide bonds. The molecule has 1 N–H and O–H groups in total. The fourth-order valence-corrected chi connectivity index (χ4v) is 3.50. The van der Waals surface area contributed by atoms with Crippen LogP contribution in [0.5, 0.6) is 0 Å². The standard InChI is InChI=1S/C17H18Cl2N2O6/c1-9-4-15(22)11(12(9)7-21(25)26)6-17(24)27-8-16(23)20-14-5-10(18)2-3-13(14)19/h2-3,5,9,11-12H,4,6-8H2,1H3,(H,20,23)/t9-,11+,12+/m0/s1. The Morgan fingerprint density at radius 1 is 1.37 bits per heavy atom. The summed E-state index contributed by atoms with van der Waals surface area (Å²) in [4.78, 5) is 46.2. The molecule has 0 spiro atoms. The number of halogens is 2. The quantitative estimate of drug-likeness (QED) is 0.414. The van der Waals surface area contributed by atoms with E-state index >= 15 is 0 Å². The summed E-state index contributed by atoms with van der Waals surface area (Å²) in [6.07, 6.45) is -0.0862. The van der Waals surface area contributed by atoms with Gasteiger partial charge in [0, 0.05) is 28.2 Å². The average Bonchev–Trinajstić information content (AvgIpc) is 2.83. The lowest BCUT2D eigenvalue weighted by molar-refractivity contribution is -0.490. The summed E-state index contributed by atoms with van der Waals surface area (Å²) in [6.45, 7) is 0.802. The lowest BCUT2D eigenvalue weighted by Crippen LogP contribution is -2.28. The Hall–Kier alpha value is -2.19. The predicted octanol–water partition coefficient (Wildman–Crippen LogP) is 2.98. The van der Waals surface area contributed by atoms with Crippen molar-refractivity contribution in [2.75, 3.05) is 18.5 Å². The van der Waals surface area contributed by atoms with E-state index in [1.807, 2.05) is 0 Å². The van der Waals surface area contributed by atoms with Crippen molar-refractivity contribution in [2.45, 2.75) is 19.8 Å². The zero-order chi connectivity index (χ0) is 20.1. The monoisotopic (exact) mass is 416 g/mol. The number of carbonyl (C=O) groups excluding carboxylic acids is 3. The number of amides is 1. The molecule has 0 bridgehead atoms. The number of ether oxygens (including phenoxy) is 1. The molecule has 0 unspecified atom stereocenters. The van der Waals surface area contributed by atoms with Crippen LogP contribution in [0, 0.1) is 27.9 Å². The van der Waals surface area contributed by atoms with Gasteiger partial charge in [0.1, 0.15) is 5.78 Å². The fraction of sp³-hybridized carbons (Fsp3) is 0.471. The topological polar surface area (TPSA) is 116 Å². The van der Waals surface area contributed by atoms with Gasteiger partial charge in [0.25, 0.3) is 5.91 Å². The molecule has 8 nitrogen and oxygen atoms in total. The number of rotatable bonds is 7. The van der Waals surface area contributed by atoms with Crippen molar-refractivity contribution in [1.29, 1.82) is 0 Å². The van der Waals surface area contributed by atoms with E-state index in [0.717, 1.165) is 0 Å². The van der Waals surface area contributed by atoms with Crippen LogP contribution in [-0.2, 0) is 19.1 Å². The van der Waals surface area contributed by atoms with Crippen molar-refractivity contribution in [3.8, 4) is 0 Å². The summed E-state index contributed by atoms with van der Waals surface area (Å²) < 4.78 is 4.90. The van der Waals surface area contributed by atoms with Crippen molar-refractivity contribution in [1.82, 2.24) is 0 Å². The summed E-state index contributed by atoms with van der Waals surface area (Å²) in [6, 6.07) is 4.51. The zero-order valence-electron chi connectivity index (χ0n) is 14.4. The molecule has 1 aliphatic carbocycles. The highest BCUT2D eigenvalue weighted by atomic mass is 35.5. The van der Waals surface area contributed by atoms with Crippen molar-refractivity contribution < 1.29 is 24.0 Å². The first-order chi connectivity index (χ1) is 12.7. The summed E-state index contributed by atoms with van der Waals surface area (Å²) in [5.41, 5.74) is 0.274. The Bertz CT molecular complexity index is 770. The number of hydrogen-bond acceptors (Lipinski definition) is 6. The van der Waals surface area contributed by atoms with Crippen molar-refractivity contribution in [2.24, 2.45) is 17.8 Å². The number of nitro groups is 1. The smallest absolute Gasteiger partial charge is 0.307 e. The molecule has 0 heterocycles. The molecule has 2 rings (SSSR count). The van der Waals surface area contributed by atoms with Crippen LogP contribution in [0.4, 0.5) is 5.69 Å². The number of ketones is 1. The first-order valence-electron chi connectivity index (χ1n) is 8.22. The molecule has 146 valence electrons. The van der Waals surface area contributed by atoms with E-state index in [1.165, 1.54) is 12.1 Å². The van der Waals surface area contributed by atoms with Crippen LogP contribution in [0.1, 0.15) is 19.8 Å². The molecule has 3 atom stereocenters. The molecule has 10 heteroatoms. The van der Waals surface area contributed by atoms with Gasteiger partial charge in [-0.15, -0.1) is 0 Å². The molecule has 1 aromatic carbocycles. The number of carbonyl (C=O) groups is 3. The van der Waals surface area contributed by atoms with Crippen molar-refractivity contribution in [3.63, 3.8) is 0 Å². The van der Waals surface area contributed by atoms with Crippen LogP contribution in [0.25, 0.3) is 0 Å². The zero-order valence-corrected chi connectivity index (χ0v) is 16.0. The third kappa shape index (κ3) is 5.90. The largest absolute Gasteiger partial charge is 0.456 e. The molecule has 0 aromatic heterocycles. The van der Waals surface area contributed by atoms with Crippen LogP contribution >= 0.6 is 23.2 Å². The van der Waals surface area contributed by atoms with E-state index in [-0.39, 0.29) is 41.8 Å². The SMILES string of the molecule is C[C@H]1CC(=O)[C@H](CC(=O)OCC(=O)Nc2cc(Cl)ccc2Cl)[C@@H]1C[N+](=O)[O-]. The number of benzene rings is 1. The maximum absolute atomic E-state index is 12.0. The molecule has 27 heavy (non-hydrogen) atoms. The first-order valence-corrected chi connectivity index (χ1v) is 8.98. The molecule has 1 fully saturated rings. The minimum atomic E-state index is -0.761. The van der Waals surface area contributed by atoms with Gasteiger partial charge in [-0.2, -0.15) is 0 Å². The minimum Gasteiger partial charge on any atom is -0.456 e. The highest BCUT2D eigenvalue weighted by molar-refractivity contribution is 6.35. The molecular weight excluding hydrogens is 399 g/mol. The Labute approximate surface area is 165 Å². The maximum atomic E-state index is 12.0. The van der Waals surface area contributed by atoms with Gasteiger partial charge < -0.3 is 10.1 Å². The second kappa shape index (κ2) is 9.14. The van der Waals surface area contributed by atoms with E-state index in [1.54, 1.807) is 13.0 Å². The van der Waals surface area contributed by atoms with Gasteiger partial charge in [-0.1, -0.05) is 30.1 Å². The minimum absolute atomic E-state index is 0.172. The van der Waals surface area contributed by atoms with E-state index in [9.17, 15) is 24.5 Å². The van der Waals surface area contributed by atoms with Crippen LogP contribution in [0.15, 0.2) is 18.2 Å². The second-order valence-corrected chi connectivity index (χ2v) is 7.31. The van der Waals surface area contributed by atoms with Crippen LogP contribution in [0.2, 0.25) is 10.0 Å². The van der Waals surface area contributed by atoms with Crippen molar-refractivity contribution in [3.05, 3.63) is 38.4 Å². The number of nitrogens with zero attached hydrogens (tertiary/aromatic N) is 1. The fourth-order valence-electron chi connectivity index (χ4n) is 3.16. The Morgan fingerprint density at radius 2 is 2.07 bits per heavy atom. The van der Waals surface area contributed by atoms with Crippen LogP contribution in [-0.4, -0.2) is 35.7 Å². The Kier molecular flexibility index (Phi) is 7.15. The van der Waals surface area contributed by atoms with Gasteiger partial charge in [0.2, 0.25) is 6.54 Å². The van der Waals surface area contributed by atoms with Gasteiger partial charge in [0.15, 0.2) is 6.61 Å². The highest BCUT2D eigenvalue weighted by Gasteiger charge is 2.44. The van der Waals surface area contributed by atoms with E-state index < -0.39 is 35.2 Å². The van der Waals surface area contributed by atoms with Crippen LogP contribution < -0.4 is 5.32 Å². The molecule has 1 saturated carbocycles. The number of esters is 1. The maximum Gasteiger partial charge on any atom is 0.307 e. The van der Waals surface area contributed by atoms with Gasteiger partial charge in [0.05, 0.1) is 17.1 Å². The third-order valence-corrected chi connectivity index (χ3v) is 5.06. The highest BCUT2D eigenvalue weighted by Crippen LogP contribution is 2.36. The van der Waals surface area contributed by atoms with E-state index in [4.69, 9.17) is 27.9 Å². The lowest BCUT2D eigenvalue weighted by Gasteiger charge is -2.17. The van der Waals surface area contributed by atoms with Crippen molar-refractivity contribution >= 4 is 46.5 Å². The summed E-state index contributed by atoms with van der Waals surface area (Å²) >= 11 is 11.8. The number of anilines is 1. The molecule has 1 aliphatic rings. The summed E-state index contributed by atoms with van der Waals surface area (Å²) in [5, 5.41) is 13.9. The van der Waals surface area contributed by atoms with Gasteiger partial charge in [-0.05, 0) is 24.1 Å². The second-order valence-electron chi connectivity index (χ2n) is 6.47. The number of nitrogens with one attached hydrogen (secondary N) is 1. The van der Waals surface area contributed by atoms with Crippen LogP contribution in [0.3, 0.4) is 0 Å².